The summed E-state index contributed by atoms with van der Waals surface area (Å²) < 4.78 is 3.09. The third-order valence-electron chi connectivity index (χ3n) is 5.19. The summed E-state index contributed by atoms with van der Waals surface area (Å²) in [5, 5.41) is 11.0. The van der Waals surface area contributed by atoms with Crippen molar-refractivity contribution in [2.75, 3.05) is 5.75 Å². The predicted octanol–water partition coefficient (Wildman–Crippen LogP) is 5.24. The van der Waals surface area contributed by atoms with Gasteiger partial charge >= 0.3 is 0 Å². The first kappa shape index (κ1) is 18.1. The highest BCUT2D eigenvalue weighted by atomic mass is 32.2. The number of pyridine rings is 1. The van der Waals surface area contributed by atoms with E-state index in [1.54, 1.807) is 23.1 Å². The van der Waals surface area contributed by atoms with Crippen LogP contribution in [0.3, 0.4) is 0 Å². The highest BCUT2D eigenvalue weighted by molar-refractivity contribution is 7.99. The molecule has 28 heavy (non-hydrogen) atoms. The molecule has 0 spiro atoms. The molecule has 0 saturated carbocycles. The van der Waals surface area contributed by atoms with E-state index in [-0.39, 0.29) is 0 Å². The summed E-state index contributed by atoms with van der Waals surface area (Å²) in [5.74, 6) is 1.44. The van der Waals surface area contributed by atoms with Crippen LogP contribution in [0.4, 0.5) is 0 Å². The van der Waals surface area contributed by atoms with Crippen LogP contribution in [-0.2, 0) is 19.3 Å². The lowest BCUT2D eigenvalue weighted by molar-refractivity contribution is 0.632. The summed E-state index contributed by atoms with van der Waals surface area (Å²) in [4.78, 5) is 11.0. The number of hydrogen-bond acceptors (Lipinski definition) is 6. The van der Waals surface area contributed by atoms with Crippen molar-refractivity contribution < 1.29 is 0 Å². The van der Waals surface area contributed by atoms with E-state index in [0.29, 0.717) is 5.92 Å². The molecule has 4 heterocycles. The van der Waals surface area contributed by atoms with E-state index in [4.69, 9.17) is 9.97 Å². The second-order valence-electron chi connectivity index (χ2n) is 8.09. The Morgan fingerprint density at radius 2 is 2.11 bits per heavy atom. The molecule has 0 bridgehead atoms. The Hall–Kier alpha value is -1.99. The standard InChI is InChI=1S/C21H23N5S2/c1-11(2)8-15-13-6-5-7-14(13)16-17-18(28-20(16)23-15)19-24-25-21(26(19)10-22-17)27-9-12(3)4/h10-11H,3,5-9H2,1-2,4H3. The number of nitrogens with zero attached hydrogens (tertiary/aromatic N) is 5. The van der Waals surface area contributed by atoms with Gasteiger partial charge in [-0.2, -0.15) is 0 Å². The Morgan fingerprint density at radius 3 is 2.89 bits per heavy atom. The summed E-state index contributed by atoms with van der Waals surface area (Å²) >= 11 is 3.36. The van der Waals surface area contributed by atoms with Gasteiger partial charge < -0.3 is 0 Å². The van der Waals surface area contributed by atoms with Gasteiger partial charge in [-0.3, -0.25) is 4.40 Å². The minimum atomic E-state index is 0.609. The normalized spacial score (nSPS) is 14.0. The molecule has 0 N–H and O–H groups in total. The van der Waals surface area contributed by atoms with Crippen LogP contribution in [0, 0.1) is 5.92 Å². The van der Waals surface area contributed by atoms with Gasteiger partial charge in [0.25, 0.3) is 0 Å². The smallest absolute Gasteiger partial charge is 0.197 e. The van der Waals surface area contributed by atoms with E-state index in [2.05, 4.69) is 30.6 Å². The van der Waals surface area contributed by atoms with E-state index in [1.165, 1.54) is 28.6 Å². The maximum Gasteiger partial charge on any atom is 0.197 e. The van der Waals surface area contributed by atoms with Crippen LogP contribution in [0.1, 0.15) is 44.0 Å². The molecule has 0 unspecified atom stereocenters. The zero-order valence-electron chi connectivity index (χ0n) is 16.4. The van der Waals surface area contributed by atoms with Crippen molar-refractivity contribution >= 4 is 49.2 Å². The van der Waals surface area contributed by atoms with Crippen LogP contribution >= 0.6 is 23.1 Å². The Balaban J connectivity index is 1.73. The van der Waals surface area contributed by atoms with Gasteiger partial charge in [0.1, 0.15) is 15.9 Å². The molecular formula is C21H23N5S2. The fourth-order valence-electron chi connectivity index (χ4n) is 4.06. The van der Waals surface area contributed by atoms with Crippen LogP contribution in [0.5, 0.6) is 0 Å². The molecular weight excluding hydrogens is 386 g/mol. The molecule has 0 fully saturated rings. The molecule has 0 saturated heterocycles. The Kier molecular flexibility index (Phi) is 4.39. The fourth-order valence-corrected chi connectivity index (χ4v) is 5.96. The van der Waals surface area contributed by atoms with Gasteiger partial charge in [-0.1, -0.05) is 37.8 Å². The van der Waals surface area contributed by atoms with Crippen molar-refractivity contribution in [3.63, 3.8) is 0 Å². The summed E-state index contributed by atoms with van der Waals surface area (Å²) in [6, 6.07) is 0. The van der Waals surface area contributed by atoms with E-state index in [0.717, 1.165) is 56.4 Å². The molecule has 0 atom stereocenters. The lowest BCUT2D eigenvalue weighted by Gasteiger charge is -2.11. The minimum absolute atomic E-state index is 0.609. The quantitative estimate of drug-likeness (QED) is 0.333. The summed E-state index contributed by atoms with van der Waals surface area (Å²) in [7, 11) is 0. The first-order valence-corrected chi connectivity index (χ1v) is 11.6. The molecule has 7 heteroatoms. The average Bonchev–Trinajstić information content (AvgIpc) is 3.34. The third-order valence-corrected chi connectivity index (χ3v) is 7.43. The monoisotopic (exact) mass is 409 g/mol. The first-order valence-electron chi connectivity index (χ1n) is 9.76. The highest BCUT2D eigenvalue weighted by Crippen LogP contribution is 2.41. The number of aromatic nitrogens is 5. The number of thiophene rings is 1. The van der Waals surface area contributed by atoms with Gasteiger partial charge in [-0.25, -0.2) is 9.97 Å². The molecule has 5 rings (SSSR count). The van der Waals surface area contributed by atoms with Gasteiger partial charge in [0.05, 0.1) is 5.52 Å². The highest BCUT2D eigenvalue weighted by Gasteiger charge is 2.25. The van der Waals surface area contributed by atoms with Crippen molar-refractivity contribution in [1.82, 2.24) is 24.6 Å². The zero-order chi connectivity index (χ0) is 19.4. The number of fused-ring (bicyclic) bond motifs is 7. The Bertz CT molecular complexity index is 1230. The zero-order valence-corrected chi connectivity index (χ0v) is 18.1. The van der Waals surface area contributed by atoms with Crippen LogP contribution < -0.4 is 0 Å². The SMILES string of the molecule is C=C(C)CSc1nnc2c3sc4nc(CC(C)C)c5c(c4c3ncn12)CCC5. The van der Waals surface area contributed by atoms with Gasteiger partial charge in [0.2, 0.25) is 0 Å². The summed E-state index contributed by atoms with van der Waals surface area (Å²) in [5.41, 5.74) is 7.28. The van der Waals surface area contributed by atoms with Gasteiger partial charge in [-0.05, 0) is 49.7 Å². The maximum atomic E-state index is 5.10. The van der Waals surface area contributed by atoms with Gasteiger partial charge in [-0.15, -0.1) is 21.5 Å². The van der Waals surface area contributed by atoms with Crippen molar-refractivity contribution in [2.45, 2.75) is 51.6 Å². The number of hydrogen-bond donors (Lipinski definition) is 0. The molecule has 0 amide bonds. The van der Waals surface area contributed by atoms with Crippen LogP contribution in [0.25, 0.3) is 26.1 Å². The molecule has 0 aromatic carbocycles. The molecule has 5 nitrogen and oxygen atoms in total. The van der Waals surface area contributed by atoms with Gasteiger partial charge in [0.15, 0.2) is 10.8 Å². The minimum Gasteiger partial charge on any atom is -0.259 e. The molecule has 144 valence electrons. The first-order chi connectivity index (χ1) is 13.5. The van der Waals surface area contributed by atoms with Crippen molar-refractivity contribution in [3.05, 3.63) is 35.3 Å². The lowest BCUT2D eigenvalue weighted by Crippen LogP contribution is -2.03. The van der Waals surface area contributed by atoms with E-state index >= 15 is 0 Å². The lowest BCUT2D eigenvalue weighted by atomic mass is 9.99. The van der Waals surface area contributed by atoms with E-state index in [1.807, 2.05) is 17.7 Å². The van der Waals surface area contributed by atoms with Crippen LogP contribution in [0.2, 0.25) is 0 Å². The van der Waals surface area contributed by atoms with E-state index < -0.39 is 0 Å². The molecule has 0 aliphatic heterocycles. The maximum absolute atomic E-state index is 5.10. The van der Waals surface area contributed by atoms with Crippen LogP contribution in [-0.4, -0.2) is 30.3 Å². The fraction of sp³-hybridized carbons (Fsp3) is 0.429. The summed E-state index contributed by atoms with van der Waals surface area (Å²) in [6.45, 7) is 10.5. The Labute approximate surface area is 172 Å². The topological polar surface area (TPSA) is 56.0 Å². The van der Waals surface area contributed by atoms with Crippen molar-refractivity contribution in [2.24, 2.45) is 5.92 Å². The molecule has 0 radical (unpaired) electrons. The molecule has 4 aromatic heterocycles. The second-order valence-corrected chi connectivity index (χ2v) is 10.0. The predicted molar refractivity (Wildman–Crippen MR) is 118 cm³/mol. The molecule has 4 aromatic rings. The second kappa shape index (κ2) is 6.81. The molecule has 1 aliphatic rings. The number of aryl methyl sites for hydroxylation is 1. The van der Waals surface area contributed by atoms with Crippen LogP contribution in [0.15, 0.2) is 23.6 Å². The average molecular weight is 410 g/mol. The number of thioether (sulfide) groups is 1. The van der Waals surface area contributed by atoms with E-state index in [9.17, 15) is 0 Å². The van der Waals surface area contributed by atoms with Crippen molar-refractivity contribution in [3.8, 4) is 0 Å². The largest absolute Gasteiger partial charge is 0.259 e. The Morgan fingerprint density at radius 1 is 1.29 bits per heavy atom. The number of rotatable bonds is 5. The van der Waals surface area contributed by atoms with Crippen molar-refractivity contribution in [1.29, 1.82) is 0 Å². The molecule has 1 aliphatic carbocycles. The van der Waals surface area contributed by atoms with Gasteiger partial charge in [0, 0.05) is 16.8 Å². The third kappa shape index (κ3) is 2.83. The summed E-state index contributed by atoms with van der Waals surface area (Å²) in [6.07, 6.45) is 6.40.